The molecule has 0 saturated heterocycles. The van der Waals surface area contributed by atoms with E-state index in [1.165, 1.54) is 0 Å². The normalized spacial score (nSPS) is 13.5. The van der Waals surface area contributed by atoms with Gasteiger partial charge in [-0.1, -0.05) is 26.8 Å². The van der Waals surface area contributed by atoms with Crippen molar-refractivity contribution in [2.45, 2.75) is 39.7 Å². The van der Waals surface area contributed by atoms with Crippen molar-refractivity contribution in [3.8, 4) is 11.4 Å². The van der Waals surface area contributed by atoms with Gasteiger partial charge >= 0.3 is 0 Å². The lowest BCUT2D eigenvalue weighted by Crippen LogP contribution is -2.09. The number of aliphatic hydroxyl groups is 1. The smallest absolute Gasteiger partial charge is 0.0960 e. The average molecular weight is 259 g/mol. The van der Waals surface area contributed by atoms with E-state index in [0.717, 1.165) is 29.9 Å². The largest absolute Gasteiger partial charge is 0.387 e. The summed E-state index contributed by atoms with van der Waals surface area (Å²) in [7, 11) is 0. The molecule has 0 amide bonds. The molecule has 0 aliphatic heterocycles. The van der Waals surface area contributed by atoms with Crippen LogP contribution in [0.1, 0.15) is 45.4 Å². The van der Waals surface area contributed by atoms with Crippen LogP contribution >= 0.6 is 0 Å². The van der Waals surface area contributed by atoms with Gasteiger partial charge in [0.25, 0.3) is 0 Å². The Balaban J connectivity index is 2.10. The molecule has 0 aromatic carbocycles. The summed E-state index contributed by atoms with van der Waals surface area (Å²) in [5.74, 6) is 0. The SMILES string of the molecule is CC(C)(C)CC[C@H](O)c1cccc(-c2cnc[nH]2)n1. The van der Waals surface area contributed by atoms with Crippen LogP contribution in [0.3, 0.4) is 0 Å². The lowest BCUT2D eigenvalue weighted by Gasteiger charge is -2.20. The number of aromatic amines is 1. The van der Waals surface area contributed by atoms with Crippen LogP contribution in [-0.4, -0.2) is 20.1 Å². The van der Waals surface area contributed by atoms with Crippen LogP contribution < -0.4 is 0 Å². The van der Waals surface area contributed by atoms with Gasteiger partial charge in [0.2, 0.25) is 0 Å². The van der Waals surface area contributed by atoms with Crippen LogP contribution in [0.2, 0.25) is 0 Å². The highest BCUT2D eigenvalue weighted by molar-refractivity contribution is 5.52. The fourth-order valence-corrected chi connectivity index (χ4v) is 1.90. The Hall–Kier alpha value is -1.68. The van der Waals surface area contributed by atoms with E-state index >= 15 is 0 Å². The van der Waals surface area contributed by atoms with Crippen LogP contribution in [0, 0.1) is 5.41 Å². The minimum absolute atomic E-state index is 0.224. The van der Waals surface area contributed by atoms with Crippen molar-refractivity contribution in [1.82, 2.24) is 15.0 Å². The Morgan fingerprint density at radius 1 is 1.32 bits per heavy atom. The predicted octanol–water partition coefficient (Wildman–Crippen LogP) is 3.33. The molecule has 0 bridgehead atoms. The molecule has 102 valence electrons. The molecule has 0 saturated carbocycles. The molecular weight excluding hydrogens is 238 g/mol. The second-order valence-corrected chi connectivity index (χ2v) is 6.03. The summed E-state index contributed by atoms with van der Waals surface area (Å²) in [6.45, 7) is 6.52. The number of nitrogens with zero attached hydrogens (tertiary/aromatic N) is 2. The number of hydrogen-bond acceptors (Lipinski definition) is 3. The molecule has 0 spiro atoms. The van der Waals surface area contributed by atoms with Crippen molar-refractivity contribution < 1.29 is 5.11 Å². The predicted molar refractivity (Wildman–Crippen MR) is 75.5 cm³/mol. The zero-order chi connectivity index (χ0) is 13.9. The molecular formula is C15H21N3O. The van der Waals surface area contributed by atoms with Gasteiger partial charge in [0, 0.05) is 0 Å². The van der Waals surface area contributed by atoms with Gasteiger partial charge in [-0.25, -0.2) is 9.97 Å². The van der Waals surface area contributed by atoms with Crippen LogP contribution in [0.25, 0.3) is 11.4 Å². The second kappa shape index (κ2) is 5.53. The fraction of sp³-hybridized carbons (Fsp3) is 0.467. The van der Waals surface area contributed by atoms with E-state index in [1.54, 1.807) is 12.5 Å². The molecule has 0 fully saturated rings. The van der Waals surface area contributed by atoms with Crippen LogP contribution in [-0.2, 0) is 0 Å². The zero-order valence-electron chi connectivity index (χ0n) is 11.7. The zero-order valence-corrected chi connectivity index (χ0v) is 11.7. The lowest BCUT2D eigenvalue weighted by atomic mass is 9.89. The number of aliphatic hydroxyl groups excluding tert-OH is 1. The molecule has 0 unspecified atom stereocenters. The third-order valence-corrected chi connectivity index (χ3v) is 3.05. The van der Waals surface area contributed by atoms with E-state index in [2.05, 4.69) is 35.7 Å². The van der Waals surface area contributed by atoms with Crippen LogP contribution in [0.4, 0.5) is 0 Å². The molecule has 0 radical (unpaired) electrons. The van der Waals surface area contributed by atoms with E-state index in [9.17, 15) is 5.11 Å². The monoisotopic (exact) mass is 259 g/mol. The van der Waals surface area contributed by atoms with E-state index in [1.807, 2.05) is 18.2 Å². The molecule has 2 N–H and O–H groups in total. The summed E-state index contributed by atoms with van der Waals surface area (Å²) in [6, 6.07) is 5.69. The Kier molecular flexibility index (Phi) is 4.00. The summed E-state index contributed by atoms with van der Waals surface area (Å²) in [5, 5.41) is 10.2. The van der Waals surface area contributed by atoms with Gasteiger partial charge in [-0.15, -0.1) is 0 Å². The summed E-state index contributed by atoms with van der Waals surface area (Å²) in [4.78, 5) is 11.5. The van der Waals surface area contributed by atoms with Crippen molar-refractivity contribution in [3.05, 3.63) is 36.4 Å². The first-order valence-corrected chi connectivity index (χ1v) is 6.59. The molecule has 2 rings (SSSR count). The van der Waals surface area contributed by atoms with Crippen molar-refractivity contribution in [2.24, 2.45) is 5.41 Å². The minimum atomic E-state index is -0.512. The van der Waals surface area contributed by atoms with Gasteiger partial charge in [-0.05, 0) is 30.4 Å². The van der Waals surface area contributed by atoms with Crippen molar-refractivity contribution >= 4 is 0 Å². The Bertz CT molecular complexity index is 514. The maximum atomic E-state index is 10.2. The Labute approximate surface area is 113 Å². The van der Waals surface area contributed by atoms with Gasteiger partial charge in [0.1, 0.15) is 0 Å². The maximum Gasteiger partial charge on any atom is 0.0960 e. The standard InChI is InChI=1S/C15H21N3O/c1-15(2,3)8-7-14(19)12-6-4-5-11(18-12)13-9-16-10-17-13/h4-6,9-10,14,19H,7-8H2,1-3H3,(H,16,17)/t14-/m0/s1. The van der Waals surface area contributed by atoms with Gasteiger partial charge in [-0.3, -0.25) is 0 Å². The Morgan fingerprint density at radius 2 is 2.11 bits per heavy atom. The molecule has 2 heterocycles. The topological polar surface area (TPSA) is 61.8 Å². The molecule has 1 atom stereocenters. The first-order chi connectivity index (χ1) is 8.96. The number of aromatic nitrogens is 3. The third kappa shape index (κ3) is 3.89. The van der Waals surface area contributed by atoms with Crippen molar-refractivity contribution in [1.29, 1.82) is 0 Å². The van der Waals surface area contributed by atoms with Gasteiger partial charge in [0.15, 0.2) is 0 Å². The maximum absolute atomic E-state index is 10.2. The fourth-order valence-electron chi connectivity index (χ4n) is 1.90. The highest BCUT2D eigenvalue weighted by Crippen LogP contribution is 2.27. The highest BCUT2D eigenvalue weighted by Gasteiger charge is 2.16. The molecule has 2 aromatic heterocycles. The third-order valence-electron chi connectivity index (χ3n) is 3.05. The summed E-state index contributed by atoms with van der Waals surface area (Å²) in [6.07, 6.45) is 4.53. The number of pyridine rings is 1. The van der Waals surface area contributed by atoms with E-state index < -0.39 is 6.10 Å². The van der Waals surface area contributed by atoms with Gasteiger partial charge in [0.05, 0.1) is 35.7 Å². The van der Waals surface area contributed by atoms with Crippen molar-refractivity contribution in [2.75, 3.05) is 0 Å². The summed E-state index contributed by atoms with van der Waals surface area (Å²) >= 11 is 0. The summed E-state index contributed by atoms with van der Waals surface area (Å²) in [5.41, 5.74) is 2.62. The highest BCUT2D eigenvalue weighted by atomic mass is 16.3. The number of nitrogens with one attached hydrogen (secondary N) is 1. The molecule has 4 nitrogen and oxygen atoms in total. The quantitative estimate of drug-likeness (QED) is 0.885. The van der Waals surface area contributed by atoms with E-state index in [4.69, 9.17) is 0 Å². The average Bonchev–Trinajstić information content (AvgIpc) is 2.89. The number of H-pyrrole nitrogens is 1. The lowest BCUT2D eigenvalue weighted by molar-refractivity contribution is 0.143. The molecule has 0 aliphatic carbocycles. The molecule has 0 aliphatic rings. The van der Waals surface area contributed by atoms with Crippen molar-refractivity contribution in [3.63, 3.8) is 0 Å². The number of imidazole rings is 1. The molecule has 2 aromatic rings. The van der Waals surface area contributed by atoms with Gasteiger partial charge < -0.3 is 10.1 Å². The van der Waals surface area contributed by atoms with Crippen LogP contribution in [0.5, 0.6) is 0 Å². The van der Waals surface area contributed by atoms with E-state index in [-0.39, 0.29) is 5.41 Å². The van der Waals surface area contributed by atoms with E-state index in [0.29, 0.717) is 0 Å². The number of hydrogen-bond donors (Lipinski definition) is 2. The first-order valence-electron chi connectivity index (χ1n) is 6.59. The molecule has 19 heavy (non-hydrogen) atoms. The Morgan fingerprint density at radius 3 is 2.74 bits per heavy atom. The minimum Gasteiger partial charge on any atom is -0.387 e. The first kappa shape index (κ1) is 13.7. The second-order valence-electron chi connectivity index (χ2n) is 6.03. The van der Waals surface area contributed by atoms with Gasteiger partial charge in [-0.2, -0.15) is 0 Å². The van der Waals surface area contributed by atoms with Crippen LogP contribution in [0.15, 0.2) is 30.7 Å². The number of rotatable bonds is 4. The summed E-state index contributed by atoms with van der Waals surface area (Å²) < 4.78 is 0. The molecule has 4 heteroatoms.